The highest BCUT2D eigenvalue weighted by molar-refractivity contribution is 5.49. The zero-order chi connectivity index (χ0) is 17.1. The van der Waals surface area contributed by atoms with Crippen molar-refractivity contribution < 1.29 is 4.92 Å². The molecular weight excluding hydrogens is 308 g/mol. The van der Waals surface area contributed by atoms with Crippen LogP contribution in [0.15, 0.2) is 42.6 Å². The first-order chi connectivity index (χ1) is 11.5. The summed E-state index contributed by atoms with van der Waals surface area (Å²) < 4.78 is 0. The number of hydrogen-bond acceptors (Lipinski definition) is 6. The second kappa shape index (κ2) is 6.45. The average molecular weight is 324 g/mol. The molecule has 2 N–H and O–H groups in total. The van der Waals surface area contributed by atoms with Crippen LogP contribution in [0.4, 0.5) is 11.5 Å². The van der Waals surface area contributed by atoms with E-state index in [1.807, 2.05) is 37.3 Å². The topological polar surface area (TPSA) is 110 Å². The molecule has 1 unspecified atom stereocenters. The first-order valence-corrected chi connectivity index (χ1v) is 7.36. The molecule has 122 valence electrons. The lowest BCUT2D eigenvalue weighted by atomic mass is 10.1. The van der Waals surface area contributed by atoms with Gasteiger partial charge in [-0.25, -0.2) is 9.97 Å². The number of nitrogens with zero attached hydrogens (tertiary/aromatic N) is 4. The second-order valence-electron chi connectivity index (χ2n) is 5.38. The van der Waals surface area contributed by atoms with Crippen molar-refractivity contribution in [1.82, 2.24) is 20.2 Å². The molecule has 0 aliphatic carbocycles. The molecule has 0 bridgehead atoms. The number of nitrogens with one attached hydrogen (secondary N) is 2. The SMILES string of the molecule is Cc1nc(C(Nc2cc(C)c([N+](=O)[O-])cn2)c2ccccc2)n[nH]1. The van der Waals surface area contributed by atoms with Gasteiger partial charge in [-0.3, -0.25) is 15.2 Å². The Bertz CT molecular complexity index is 862. The predicted octanol–water partition coefficient (Wildman–Crippen LogP) is 2.93. The van der Waals surface area contributed by atoms with E-state index in [1.54, 1.807) is 13.0 Å². The van der Waals surface area contributed by atoms with Gasteiger partial charge >= 0.3 is 0 Å². The highest BCUT2D eigenvalue weighted by atomic mass is 16.6. The van der Waals surface area contributed by atoms with Crippen LogP contribution in [0.25, 0.3) is 0 Å². The molecule has 0 saturated heterocycles. The van der Waals surface area contributed by atoms with Gasteiger partial charge in [-0.15, -0.1) is 0 Å². The first kappa shape index (κ1) is 15.6. The maximum absolute atomic E-state index is 10.9. The fourth-order valence-electron chi connectivity index (χ4n) is 2.40. The van der Waals surface area contributed by atoms with Gasteiger partial charge in [0.1, 0.15) is 23.9 Å². The van der Waals surface area contributed by atoms with Gasteiger partial charge in [0.25, 0.3) is 5.69 Å². The van der Waals surface area contributed by atoms with Crippen LogP contribution < -0.4 is 5.32 Å². The van der Waals surface area contributed by atoms with Gasteiger partial charge in [0.15, 0.2) is 5.82 Å². The number of hydrogen-bond donors (Lipinski definition) is 2. The number of aromatic amines is 1. The van der Waals surface area contributed by atoms with Gasteiger partial charge in [0.2, 0.25) is 0 Å². The van der Waals surface area contributed by atoms with Crippen molar-refractivity contribution in [1.29, 1.82) is 0 Å². The zero-order valence-corrected chi connectivity index (χ0v) is 13.2. The number of aryl methyl sites for hydroxylation is 2. The second-order valence-corrected chi connectivity index (χ2v) is 5.38. The fourth-order valence-corrected chi connectivity index (χ4v) is 2.40. The smallest absolute Gasteiger partial charge is 0.290 e. The van der Waals surface area contributed by atoms with Crippen LogP contribution in [0.5, 0.6) is 0 Å². The average Bonchev–Trinajstić information content (AvgIpc) is 2.99. The van der Waals surface area contributed by atoms with E-state index in [-0.39, 0.29) is 11.7 Å². The van der Waals surface area contributed by atoms with Crippen LogP contribution >= 0.6 is 0 Å². The molecule has 0 saturated carbocycles. The summed E-state index contributed by atoms with van der Waals surface area (Å²) in [7, 11) is 0. The number of pyridine rings is 1. The molecule has 24 heavy (non-hydrogen) atoms. The molecule has 3 rings (SSSR count). The van der Waals surface area contributed by atoms with E-state index in [9.17, 15) is 10.1 Å². The molecule has 0 spiro atoms. The minimum absolute atomic E-state index is 0.00875. The van der Waals surface area contributed by atoms with Crippen molar-refractivity contribution in [2.75, 3.05) is 5.32 Å². The van der Waals surface area contributed by atoms with Gasteiger partial charge in [-0.2, -0.15) is 5.10 Å². The summed E-state index contributed by atoms with van der Waals surface area (Å²) in [5.41, 5.74) is 1.50. The molecule has 2 aromatic heterocycles. The molecule has 0 amide bonds. The van der Waals surface area contributed by atoms with E-state index >= 15 is 0 Å². The number of nitro groups is 1. The summed E-state index contributed by atoms with van der Waals surface area (Å²) in [6.07, 6.45) is 1.25. The Morgan fingerprint density at radius 2 is 2.00 bits per heavy atom. The number of rotatable bonds is 5. The van der Waals surface area contributed by atoms with E-state index in [4.69, 9.17) is 0 Å². The quantitative estimate of drug-likeness (QED) is 0.551. The number of anilines is 1. The van der Waals surface area contributed by atoms with Crippen LogP contribution in [-0.2, 0) is 0 Å². The molecule has 0 aliphatic rings. The molecule has 8 heteroatoms. The largest absolute Gasteiger partial charge is 0.356 e. The third-order valence-electron chi connectivity index (χ3n) is 3.58. The third kappa shape index (κ3) is 3.22. The lowest BCUT2D eigenvalue weighted by Crippen LogP contribution is -2.15. The molecule has 3 aromatic rings. The van der Waals surface area contributed by atoms with E-state index in [1.165, 1.54) is 6.20 Å². The monoisotopic (exact) mass is 324 g/mol. The molecule has 8 nitrogen and oxygen atoms in total. The summed E-state index contributed by atoms with van der Waals surface area (Å²) in [5.74, 6) is 1.81. The number of benzene rings is 1. The van der Waals surface area contributed by atoms with E-state index in [2.05, 4.69) is 25.5 Å². The molecule has 0 aliphatic heterocycles. The third-order valence-corrected chi connectivity index (χ3v) is 3.58. The minimum atomic E-state index is -0.445. The van der Waals surface area contributed by atoms with Crippen molar-refractivity contribution >= 4 is 11.5 Å². The summed E-state index contributed by atoms with van der Waals surface area (Å²) in [6.45, 7) is 3.51. The van der Waals surface area contributed by atoms with Gasteiger partial charge in [-0.1, -0.05) is 30.3 Å². The Morgan fingerprint density at radius 3 is 2.58 bits per heavy atom. The molecule has 2 heterocycles. The maximum atomic E-state index is 10.9. The minimum Gasteiger partial charge on any atom is -0.356 e. The summed E-state index contributed by atoms with van der Waals surface area (Å²) in [6, 6.07) is 11.0. The Labute approximate surface area is 138 Å². The van der Waals surface area contributed by atoms with Crippen molar-refractivity contribution in [3.05, 3.63) is 75.5 Å². The van der Waals surface area contributed by atoms with Gasteiger partial charge in [-0.05, 0) is 25.5 Å². The van der Waals surface area contributed by atoms with Crippen molar-refractivity contribution in [3.8, 4) is 0 Å². The fraction of sp³-hybridized carbons (Fsp3) is 0.188. The Hall–Kier alpha value is -3.29. The summed E-state index contributed by atoms with van der Waals surface area (Å²) >= 11 is 0. The summed E-state index contributed by atoms with van der Waals surface area (Å²) in [4.78, 5) is 19.0. The summed E-state index contributed by atoms with van der Waals surface area (Å²) in [5, 5.41) is 21.2. The Kier molecular flexibility index (Phi) is 4.19. The van der Waals surface area contributed by atoms with Crippen molar-refractivity contribution in [3.63, 3.8) is 0 Å². The van der Waals surface area contributed by atoms with Gasteiger partial charge in [0, 0.05) is 5.56 Å². The lowest BCUT2D eigenvalue weighted by Gasteiger charge is -2.17. The standard InChI is InChI=1S/C16H16N6O2/c1-10-8-14(17-9-13(10)22(23)24)19-15(12-6-4-3-5-7-12)16-18-11(2)20-21-16/h3-9,15H,1-2H3,(H,17,19)(H,18,20,21). The maximum Gasteiger partial charge on any atom is 0.290 e. The molecule has 0 fully saturated rings. The highest BCUT2D eigenvalue weighted by Gasteiger charge is 2.20. The van der Waals surface area contributed by atoms with Crippen molar-refractivity contribution in [2.24, 2.45) is 0 Å². The molecule has 1 atom stereocenters. The van der Waals surface area contributed by atoms with Crippen LogP contribution in [0.2, 0.25) is 0 Å². The number of H-pyrrole nitrogens is 1. The molecule has 0 radical (unpaired) electrons. The Morgan fingerprint density at radius 1 is 1.25 bits per heavy atom. The first-order valence-electron chi connectivity index (χ1n) is 7.36. The van der Waals surface area contributed by atoms with Crippen LogP contribution in [0.1, 0.15) is 28.8 Å². The lowest BCUT2D eigenvalue weighted by molar-refractivity contribution is -0.385. The zero-order valence-electron chi connectivity index (χ0n) is 13.2. The van der Waals surface area contributed by atoms with Gasteiger partial charge < -0.3 is 5.32 Å². The van der Waals surface area contributed by atoms with E-state index in [0.717, 1.165) is 5.56 Å². The number of aromatic nitrogens is 4. The van der Waals surface area contributed by atoms with Crippen LogP contribution in [-0.4, -0.2) is 25.1 Å². The Balaban J connectivity index is 1.95. The predicted molar refractivity (Wildman–Crippen MR) is 88.7 cm³/mol. The van der Waals surface area contributed by atoms with E-state index in [0.29, 0.717) is 23.0 Å². The van der Waals surface area contributed by atoms with Gasteiger partial charge in [0.05, 0.1) is 4.92 Å². The van der Waals surface area contributed by atoms with E-state index < -0.39 is 4.92 Å². The molecular formula is C16H16N6O2. The highest BCUT2D eigenvalue weighted by Crippen LogP contribution is 2.25. The van der Waals surface area contributed by atoms with Crippen molar-refractivity contribution in [2.45, 2.75) is 19.9 Å². The van der Waals surface area contributed by atoms with Crippen LogP contribution in [0.3, 0.4) is 0 Å². The normalized spacial score (nSPS) is 11.9. The molecule has 1 aromatic carbocycles. The van der Waals surface area contributed by atoms with Crippen LogP contribution in [0, 0.1) is 24.0 Å².